The number of nitrogens with zero attached hydrogens (tertiary/aromatic N) is 1. The first-order valence-electron chi connectivity index (χ1n) is 6.84. The highest BCUT2D eigenvalue weighted by Crippen LogP contribution is 2.25. The van der Waals surface area contributed by atoms with Gasteiger partial charge in [0.05, 0.1) is 5.41 Å². The number of carboxylic acids is 1. The number of rotatable bonds is 9. The van der Waals surface area contributed by atoms with E-state index in [2.05, 4.69) is 11.9 Å². The normalized spacial score (nSPS) is 10.9. The Hall–Kier alpha value is -1.52. The predicted octanol–water partition coefficient (Wildman–Crippen LogP) is 2.49. The molecule has 19 heavy (non-hydrogen) atoms. The molecule has 0 radical (unpaired) electrons. The molecule has 110 valence electrons. The van der Waals surface area contributed by atoms with Gasteiger partial charge in [0.25, 0.3) is 0 Å². The molecule has 0 spiro atoms. The van der Waals surface area contributed by atoms with Gasteiger partial charge in [0, 0.05) is 19.6 Å². The van der Waals surface area contributed by atoms with Gasteiger partial charge >= 0.3 is 12.0 Å². The molecule has 0 aromatic carbocycles. The van der Waals surface area contributed by atoms with E-state index in [1.54, 1.807) is 11.0 Å². The molecule has 2 amide bonds. The van der Waals surface area contributed by atoms with Crippen LogP contribution in [0.5, 0.6) is 0 Å². The van der Waals surface area contributed by atoms with Crippen molar-refractivity contribution in [2.45, 2.75) is 40.0 Å². The third kappa shape index (κ3) is 4.93. The van der Waals surface area contributed by atoms with Crippen LogP contribution in [0.1, 0.15) is 40.0 Å². The fourth-order valence-electron chi connectivity index (χ4n) is 1.94. The minimum Gasteiger partial charge on any atom is -0.481 e. The van der Waals surface area contributed by atoms with Crippen LogP contribution in [0.3, 0.4) is 0 Å². The van der Waals surface area contributed by atoms with Gasteiger partial charge in [-0.2, -0.15) is 0 Å². The quantitative estimate of drug-likeness (QED) is 0.632. The van der Waals surface area contributed by atoms with E-state index >= 15 is 0 Å². The SMILES string of the molecule is C=CCN(CCC)C(=O)NCC(CC)(CC)C(=O)O. The largest absolute Gasteiger partial charge is 0.481 e. The van der Waals surface area contributed by atoms with Gasteiger partial charge in [-0.15, -0.1) is 6.58 Å². The Morgan fingerprint density at radius 2 is 1.89 bits per heavy atom. The van der Waals surface area contributed by atoms with Crippen LogP contribution in [0.2, 0.25) is 0 Å². The zero-order valence-electron chi connectivity index (χ0n) is 12.2. The third-order valence-electron chi connectivity index (χ3n) is 3.52. The van der Waals surface area contributed by atoms with Gasteiger partial charge in [0.15, 0.2) is 0 Å². The van der Waals surface area contributed by atoms with E-state index in [4.69, 9.17) is 0 Å². The van der Waals surface area contributed by atoms with Crippen LogP contribution in [0.4, 0.5) is 4.79 Å². The summed E-state index contributed by atoms with van der Waals surface area (Å²) in [5.74, 6) is -0.858. The fourth-order valence-corrected chi connectivity index (χ4v) is 1.94. The van der Waals surface area contributed by atoms with Crippen LogP contribution in [0.25, 0.3) is 0 Å². The van der Waals surface area contributed by atoms with Gasteiger partial charge in [0.1, 0.15) is 0 Å². The van der Waals surface area contributed by atoms with E-state index in [0.717, 1.165) is 6.42 Å². The minimum atomic E-state index is -0.873. The second-order valence-corrected chi connectivity index (χ2v) is 4.69. The molecule has 0 saturated carbocycles. The molecule has 0 unspecified atom stereocenters. The summed E-state index contributed by atoms with van der Waals surface area (Å²) in [6.45, 7) is 10.5. The van der Waals surface area contributed by atoms with Crippen LogP contribution in [-0.2, 0) is 4.79 Å². The van der Waals surface area contributed by atoms with Gasteiger partial charge in [-0.25, -0.2) is 4.79 Å². The highest BCUT2D eigenvalue weighted by atomic mass is 16.4. The molecular weight excluding hydrogens is 244 g/mol. The van der Waals surface area contributed by atoms with Crippen molar-refractivity contribution in [3.8, 4) is 0 Å². The highest BCUT2D eigenvalue weighted by Gasteiger charge is 2.35. The van der Waals surface area contributed by atoms with Gasteiger partial charge in [0.2, 0.25) is 0 Å². The van der Waals surface area contributed by atoms with Gasteiger partial charge in [-0.05, 0) is 19.3 Å². The maximum Gasteiger partial charge on any atom is 0.317 e. The highest BCUT2D eigenvalue weighted by molar-refractivity contribution is 5.78. The summed E-state index contributed by atoms with van der Waals surface area (Å²) in [5, 5.41) is 12.0. The summed E-state index contributed by atoms with van der Waals surface area (Å²) in [7, 11) is 0. The average molecular weight is 270 g/mol. The number of hydrogen-bond donors (Lipinski definition) is 2. The molecule has 0 fully saturated rings. The summed E-state index contributed by atoms with van der Waals surface area (Å²) in [4.78, 5) is 25.0. The minimum absolute atomic E-state index is 0.158. The Morgan fingerprint density at radius 3 is 2.26 bits per heavy atom. The first-order valence-corrected chi connectivity index (χ1v) is 6.84. The number of hydrogen-bond acceptors (Lipinski definition) is 2. The average Bonchev–Trinajstić information content (AvgIpc) is 2.39. The van der Waals surface area contributed by atoms with Crippen molar-refractivity contribution in [2.24, 2.45) is 5.41 Å². The number of carbonyl (C=O) groups is 2. The van der Waals surface area contributed by atoms with Crippen molar-refractivity contribution >= 4 is 12.0 Å². The van der Waals surface area contributed by atoms with Crippen molar-refractivity contribution in [3.63, 3.8) is 0 Å². The molecule has 0 rings (SSSR count). The summed E-state index contributed by atoms with van der Waals surface area (Å²) < 4.78 is 0. The maximum atomic E-state index is 12.0. The molecule has 5 heteroatoms. The third-order valence-corrected chi connectivity index (χ3v) is 3.52. The Labute approximate surface area is 115 Å². The zero-order valence-corrected chi connectivity index (χ0v) is 12.2. The van der Waals surface area contributed by atoms with Crippen LogP contribution < -0.4 is 5.32 Å². The lowest BCUT2D eigenvalue weighted by atomic mass is 9.82. The number of carbonyl (C=O) groups excluding carboxylic acids is 1. The lowest BCUT2D eigenvalue weighted by molar-refractivity contribution is -0.149. The topological polar surface area (TPSA) is 69.6 Å². The van der Waals surface area contributed by atoms with E-state index in [9.17, 15) is 14.7 Å². The predicted molar refractivity (Wildman–Crippen MR) is 76.1 cm³/mol. The lowest BCUT2D eigenvalue weighted by Gasteiger charge is -2.29. The second-order valence-electron chi connectivity index (χ2n) is 4.69. The Balaban J connectivity index is 4.61. The molecule has 0 aromatic heterocycles. The monoisotopic (exact) mass is 270 g/mol. The zero-order chi connectivity index (χ0) is 14.9. The van der Waals surface area contributed by atoms with Crippen LogP contribution in [0.15, 0.2) is 12.7 Å². The number of aliphatic carboxylic acids is 1. The van der Waals surface area contributed by atoms with Crippen molar-refractivity contribution in [3.05, 3.63) is 12.7 Å². The van der Waals surface area contributed by atoms with Crippen molar-refractivity contribution in [2.75, 3.05) is 19.6 Å². The molecule has 0 aromatic rings. The Bertz CT molecular complexity index is 312. The van der Waals surface area contributed by atoms with Crippen molar-refractivity contribution < 1.29 is 14.7 Å². The Morgan fingerprint density at radius 1 is 1.32 bits per heavy atom. The maximum absolute atomic E-state index is 12.0. The Kier molecular flexibility index (Phi) is 7.87. The molecule has 0 saturated heterocycles. The van der Waals surface area contributed by atoms with Crippen LogP contribution in [-0.4, -0.2) is 41.6 Å². The lowest BCUT2D eigenvalue weighted by Crippen LogP contribution is -2.47. The molecule has 5 nitrogen and oxygen atoms in total. The summed E-state index contributed by atoms with van der Waals surface area (Å²) >= 11 is 0. The van der Waals surface area contributed by atoms with Crippen LogP contribution in [0, 0.1) is 5.41 Å². The molecule has 0 bridgehead atoms. The van der Waals surface area contributed by atoms with Gasteiger partial charge < -0.3 is 15.3 Å². The van der Waals surface area contributed by atoms with Crippen molar-refractivity contribution in [1.82, 2.24) is 10.2 Å². The van der Waals surface area contributed by atoms with E-state index in [0.29, 0.717) is 25.9 Å². The molecule has 0 aliphatic rings. The molecule has 0 atom stereocenters. The number of nitrogens with one attached hydrogen (secondary N) is 1. The molecule has 0 heterocycles. The molecule has 0 aliphatic heterocycles. The summed E-state index contributed by atoms with van der Waals surface area (Å²) in [6.07, 6.45) is 3.51. The first kappa shape index (κ1) is 17.5. The van der Waals surface area contributed by atoms with E-state index in [1.807, 2.05) is 20.8 Å². The standard InChI is InChI=1S/C14H26N2O3/c1-5-9-16(10-6-2)13(19)15-11-14(7-3,8-4)12(17)18/h5H,1,6-11H2,2-4H3,(H,15,19)(H,17,18). The number of amides is 2. The van der Waals surface area contributed by atoms with E-state index in [1.165, 1.54) is 0 Å². The smallest absolute Gasteiger partial charge is 0.317 e. The van der Waals surface area contributed by atoms with Crippen LogP contribution >= 0.6 is 0 Å². The number of carboxylic acid groups (broad SMARTS) is 1. The number of urea groups is 1. The molecular formula is C14H26N2O3. The summed E-state index contributed by atoms with van der Waals surface area (Å²) in [6, 6.07) is -0.228. The second kappa shape index (κ2) is 8.56. The van der Waals surface area contributed by atoms with E-state index in [-0.39, 0.29) is 12.6 Å². The first-order chi connectivity index (χ1) is 8.97. The molecule has 0 aliphatic carbocycles. The van der Waals surface area contributed by atoms with Gasteiger partial charge in [-0.3, -0.25) is 4.79 Å². The van der Waals surface area contributed by atoms with Gasteiger partial charge in [-0.1, -0.05) is 26.8 Å². The summed E-state index contributed by atoms with van der Waals surface area (Å²) in [5.41, 5.74) is -0.873. The molecule has 2 N–H and O–H groups in total. The van der Waals surface area contributed by atoms with E-state index < -0.39 is 11.4 Å². The fraction of sp³-hybridized carbons (Fsp3) is 0.714. The van der Waals surface area contributed by atoms with Crippen molar-refractivity contribution in [1.29, 1.82) is 0 Å².